The predicted molar refractivity (Wildman–Crippen MR) is 156 cm³/mol. The minimum absolute atomic E-state index is 0.0239. The lowest BCUT2D eigenvalue weighted by Gasteiger charge is -2.36. The molecule has 0 saturated heterocycles. The van der Waals surface area contributed by atoms with Gasteiger partial charge >= 0.3 is 5.97 Å². The maximum Gasteiger partial charge on any atom is 0.330 e. The van der Waals surface area contributed by atoms with Gasteiger partial charge < -0.3 is 26.0 Å². The summed E-state index contributed by atoms with van der Waals surface area (Å²) in [6.45, 7) is 15.9. The molecular weight excluding hydrogens is 566 g/mol. The van der Waals surface area contributed by atoms with Crippen molar-refractivity contribution >= 4 is 39.6 Å². The van der Waals surface area contributed by atoms with E-state index in [4.69, 9.17) is 0 Å². The van der Waals surface area contributed by atoms with Gasteiger partial charge in [0, 0.05) is 0 Å². The first-order chi connectivity index (χ1) is 18.7. The van der Waals surface area contributed by atoms with Crippen LogP contribution in [0, 0.1) is 6.92 Å². The Morgan fingerprint density at radius 1 is 0.571 bits per heavy atom. The molecule has 0 aliphatic carbocycles. The van der Waals surface area contributed by atoms with E-state index in [2.05, 4.69) is 30.7 Å². The van der Waals surface area contributed by atoms with Crippen molar-refractivity contribution in [2.75, 3.05) is 7.11 Å². The first kappa shape index (κ1) is 36.5. The summed E-state index contributed by atoms with van der Waals surface area (Å²) in [5, 5.41) is 10.2. The van der Waals surface area contributed by atoms with Crippen LogP contribution in [0.15, 0.2) is 29.2 Å². The number of hydrogen-bond donors (Lipinski definition) is 5. The van der Waals surface area contributed by atoms with Crippen molar-refractivity contribution < 1.29 is 37.1 Å². The minimum atomic E-state index is -4.06. The van der Waals surface area contributed by atoms with Crippen molar-refractivity contribution in [2.45, 2.75) is 109 Å². The lowest BCUT2D eigenvalue weighted by atomic mass is 9.95. The van der Waals surface area contributed by atoms with Crippen molar-refractivity contribution in [2.24, 2.45) is 0 Å². The van der Waals surface area contributed by atoms with Crippen molar-refractivity contribution in [1.82, 2.24) is 26.0 Å². The monoisotopic (exact) mass is 611 g/mol. The molecule has 42 heavy (non-hydrogen) atoms. The average Bonchev–Trinajstić information content (AvgIpc) is 2.81. The second-order valence-corrected chi connectivity index (χ2v) is 14.5. The zero-order chi connectivity index (χ0) is 33.1. The number of hydrogen-bond acceptors (Lipinski definition) is 8. The molecule has 14 heteroatoms. The van der Waals surface area contributed by atoms with Crippen LogP contribution < -0.4 is 26.0 Å². The number of aryl methyl sites for hydroxylation is 1. The van der Waals surface area contributed by atoms with Crippen LogP contribution in [0.3, 0.4) is 0 Å². The van der Waals surface area contributed by atoms with E-state index in [1.807, 2.05) is 6.92 Å². The van der Waals surface area contributed by atoms with Gasteiger partial charge in [0.15, 0.2) is 0 Å². The number of nitrogens with one attached hydrogen (secondary N) is 5. The summed E-state index contributed by atoms with van der Waals surface area (Å²) < 4.78 is 32.7. The van der Waals surface area contributed by atoms with Crippen LogP contribution in [-0.4, -0.2) is 72.8 Å². The highest BCUT2D eigenvalue weighted by Gasteiger charge is 2.43. The summed E-state index contributed by atoms with van der Waals surface area (Å²) in [5.74, 6) is -3.61. The molecule has 0 unspecified atom stereocenters. The van der Waals surface area contributed by atoms with E-state index >= 15 is 0 Å². The fourth-order valence-corrected chi connectivity index (χ4v) is 4.77. The Hall–Kier alpha value is -3.52. The molecule has 0 aromatic heterocycles. The highest BCUT2D eigenvalue weighted by molar-refractivity contribution is 7.89. The molecule has 0 aliphatic rings. The molecule has 0 bridgehead atoms. The smallest absolute Gasteiger partial charge is 0.330 e. The first-order valence-electron chi connectivity index (χ1n) is 13.2. The number of methoxy groups -OCH3 is 1. The van der Waals surface area contributed by atoms with Gasteiger partial charge in [-0.25, -0.2) is 13.2 Å². The van der Waals surface area contributed by atoms with Crippen LogP contribution in [0.25, 0.3) is 0 Å². The predicted octanol–water partition coefficient (Wildman–Crippen LogP) is 0.804. The van der Waals surface area contributed by atoms with Crippen molar-refractivity contribution in [3.8, 4) is 0 Å². The zero-order valence-electron chi connectivity index (χ0n) is 26.5. The number of benzene rings is 1. The minimum Gasteiger partial charge on any atom is -0.467 e. The Kier molecular flexibility index (Phi) is 10.8. The third-order valence-electron chi connectivity index (χ3n) is 6.39. The normalized spacial score (nSPS) is 13.0. The second-order valence-electron chi connectivity index (χ2n) is 12.9. The Labute approximate surface area is 248 Å². The number of carbonyl (C=O) groups excluding carboxylic acids is 5. The summed E-state index contributed by atoms with van der Waals surface area (Å²) in [6, 6.07) is 6.09. The maximum atomic E-state index is 13.2. The van der Waals surface area contributed by atoms with E-state index in [0.717, 1.165) is 5.56 Å². The molecule has 0 radical (unpaired) electrons. The van der Waals surface area contributed by atoms with Gasteiger partial charge in [0.1, 0.15) is 27.7 Å². The first-order valence-corrected chi connectivity index (χ1v) is 14.7. The van der Waals surface area contributed by atoms with Crippen molar-refractivity contribution in [1.29, 1.82) is 0 Å². The molecule has 1 rings (SSSR count). The molecule has 1 aromatic carbocycles. The van der Waals surface area contributed by atoms with Crippen LogP contribution >= 0.6 is 0 Å². The fourth-order valence-electron chi connectivity index (χ4n) is 3.40. The van der Waals surface area contributed by atoms with Crippen LogP contribution in [0.5, 0.6) is 0 Å². The summed E-state index contributed by atoms with van der Waals surface area (Å²) >= 11 is 0. The fraction of sp³-hybridized carbons (Fsp3) is 0.607. The zero-order valence-corrected chi connectivity index (χ0v) is 27.3. The number of ether oxygens (including phenoxy) is 1. The summed E-state index contributed by atoms with van der Waals surface area (Å²) in [5.41, 5.74) is -6.78. The highest BCUT2D eigenvalue weighted by atomic mass is 32.2. The van der Waals surface area contributed by atoms with Gasteiger partial charge in [-0.3, -0.25) is 19.2 Å². The molecule has 0 saturated carbocycles. The van der Waals surface area contributed by atoms with E-state index in [-0.39, 0.29) is 4.90 Å². The Balaban J connectivity index is 2.97. The van der Waals surface area contributed by atoms with Crippen LogP contribution in [0.2, 0.25) is 0 Å². The van der Waals surface area contributed by atoms with Gasteiger partial charge in [-0.1, -0.05) is 17.7 Å². The van der Waals surface area contributed by atoms with Gasteiger partial charge in [0.05, 0.1) is 12.0 Å². The van der Waals surface area contributed by atoms with Crippen LogP contribution in [0.1, 0.15) is 74.8 Å². The standard InChI is InChI=1S/C28H45N5O8S/c1-17-13-15-18(16-14-17)42(39,40)33-27(8,9)22(37)31-25(4,5)20(35)29-24(2,3)19(34)30-26(6,7)21(36)32-28(10,11)23(38)41-12/h13-16,33H,1-12H3,(H,29,35)(H,30,34)(H,31,37)(H,32,36). The van der Waals surface area contributed by atoms with Gasteiger partial charge in [-0.15, -0.1) is 0 Å². The number of amides is 4. The topological polar surface area (TPSA) is 189 Å². The Bertz CT molecular complexity index is 1330. The summed E-state index contributed by atoms with van der Waals surface area (Å²) in [6.07, 6.45) is 0. The third kappa shape index (κ3) is 9.24. The SMILES string of the molecule is COC(=O)C(C)(C)NC(=O)C(C)(C)NC(=O)C(C)(C)NC(=O)C(C)(C)NC(=O)C(C)(C)NS(=O)(=O)c1ccc(C)cc1. The molecule has 5 N–H and O–H groups in total. The number of esters is 1. The largest absolute Gasteiger partial charge is 0.467 e. The number of rotatable bonds is 12. The third-order valence-corrected chi connectivity index (χ3v) is 8.06. The molecule has 13 nitrogen and oxygen atoms in total. The molecule has 0 spiro atoms. The van der Waals surface area contributed by atoms with E-state index in [0.29, 0.717) is 0 Å². The molecule has 4 amide bonds. The average molecular weight is 612 g/mol. The van der Waals surface area contributed by atoms with Gasteiger partial charge in [-0.05, 0) is 88.3 Å². The Morgan fingerprint density at radius 3 is 1.21 bits per heavy atom. The lowest BCUT2D eigenvalue weighted by molar-refractivity contribution is -0.150. The highest BCUT2D eigenvalue weighted by Crippen LogP contribution is 2.17. The maximum absolute atomic E-state index is 13.2. The number of carbonyl (C=O) groups is 5. The van der Waals surface area contributed by atoms with Crippen LogP contribution in [-0.2, 0) is 38.7 Å². The Morgan fingerprint density at radius 2 is 0.881 bits per heavy atom. The molecule has 0 fully saturated rings. The molecule has 0 atom stereocenters. The molecule has 236 valence electrons. The van der Waals surface area contributed by atoms with Crippen LogP contribution in [0.4, 0.5) is 0 Å². The summed E-state index contributed by atoms with van der Waals surface area (Å²) in [4.78, 5) is 64.2. The van der Waals surface area contributed by atoms with Gasteiger partial charge in [-0.2, -0.15) is 4.72 Å². The quantitative estimate of drug-likeness (QED) is 0.215. The number of sulfonamides is 1. The van der Waals surface area contributed by atoms with Gasteiger partial charge in [0.2, 0.25) is 33.7 Å². The lowest BCUT2D eigenvalue weighted by Crippen LogP contribution is -2.68. The van der Waals surface area contributed by atoms with Crippen molar-refractivity contribution in [3.63, 3.8) is 0 Å². The van der Waals surface area contributed by atoms with E-state index in [1.165, 1.54) is 88.5 Å². The molecule has 1 aromatic rings. The summed E-state index contributed by atoms with van der Waals surface area (Å²) in [7, 11) is -2.88. The van der Waals surface area contributed by atoms with Gasteiger partial charge in [0.25, 0.3) is 0 Å². The van der Waals surface area contributed by atoms with E-state index < -0.39 is 67.3 Å². The van der Waals surface area contributed by atoms with Crippen molar-refractivity contribution in [3.05, 3.63) is 29.8 Å². The van der Waals surface area contributed by atoms with E-state index in [9.17, 15) is 32.4 Å². The van der Waals surface area contributed by atoms with E-state index in [1.54, 1.807) is 12.1 Å². The molecular formula is C28H45N5O8S. The molecule has 0 heterocycles. The second kappa shape index (κ2) is 12.4. The molecule has 0 aliphatic heterocycles.